The van der Waals surface area contributed by atoms with Crippen molar-refractivity contribution in [2.45, 2.75) is 19.5 Å². The fraction of sp³-hybridized carbons (Fsp3) is 0.300. The zero-order valence-corrected chi connectivity index (χ0v) is 7.46. The summed E-state index contributed by atoms with van der Waals surface area (Å²) in [6, 6.07) is 4.16. The molecule has 1 aromatic rings. The molecule has 0 aliphatic rings. The van der Waals surface area contributed by atoms with E-state index in [0.29, 0.717) is 5.56 Å². The van der Waals surface area contributed by atoms with Crippen molar-refractivity contribution < 1.29 is 18.7 Å². The van der Waals surface area contributed by atoms with Crippen molar-refractivity contribution in [1.29, 1.82) is 0 Å². The average Bonchev–Trinajstić information content (AvgIpc) is 2.14. The number of rotatable bonds is 4. The Kier molecular flexibility index (Phi) is 3.56. The molecule has 0 saturated carbocycles. The number of hydrogen-bond donors (Lipinski definition) is 1. The van der Waals surface area contributed by atoms with Crippen LogP contribution in [0.25, 0.3) is 0 Å². The summed E-state index contributed by atoms with van der Waals surface area (Å²) in [6.45, 7) is -0.901. The summed E-state index contributed by atoms with van der Waals surface area (Å²) < 4.78 is 25.4. The van der Waals surface area contributed by atoms with Gasteiger partial charge in [-0.15, -0.1) is 0 Å². The molecule has 0 heterocycles. The van der Waals surface area contributed by atoms with Gasteiger partial charge in [-0.05, 0) is 18.1 Å². The van der Waals surface area contributed by atoms with Gasteiger partial charge in [0.15, 0.2) is 0 Å². The lowest BCUT2D eigenvalue weighted by molar-refractivity contribution is -0.136. The molecule has 14 heavy (non-hydrogen) atoms. The summed E-state index contributed by atoms with van der Waals surface area (Å²) in [4.78, 5) is 10.3. The molecule has 0 radical (unpaired) electrons. The van der Waals surface area contributed by atoms with Crippen molar-refractivity contribution >= 4 is 5.97 Å². The second-order valence-corrected chi connectivity index (χ2v) is 2.90. The highest BCUT2D eigenvalue weighted by atomic mass is 19.1. The molecule has 0 amide bonds. The molecular formula is C10H10F2O2. The van der Waals surface area contributed by atoms with Crippen molar-refractivity contribution in [3.8, 4) is 0 Å². The first kappa shape index (κ1) is 10.6. The fourth-order valence-corrected chi connectivity index (χ4v) is 1.23. The van der Waals surface area contributed by atoms with Gasteiger partial charge in [-0.1, -0.05) is 12.1 Å². The first-order chi connectivity index (χ1) is 6.65. The van der Waals surface area contributed by atoms with Gasteiger partial charge in [0, 0.05) is 12.0 Å². The summed E-state index contributed by atoms with van der Waals surface area (Å²) in [7, 11) is 0. The Hall–Kier alpha value is -1.45. The van der Waals surface area contributed by atoms with Crippen LogP contribution in [0.15, 0.2) is 18.2 Å². The number of benzene rings is 1. The van der Waals surface area contributed by atoms with Crippen LogP contribution < -0.4 is 0 Å². The quantitative estimate of drug-likeness (QED) is 0.809. The monoisotopic (exact) mass is 200 g/mol. The minimum absolute atomic E-state index is 0.0336. The third-order valence-corrected chi connectivity index (χ3v) is 1.96. The second kappa shape index (κ2) is 4.69. The van der Waals surface area contributed by atoms with Crippen molar-refractivity contribution in [2.75, 3.05) is 0 Å². The summed E-state index contributed by atoms with van der Waals surface area (Å²) in [6.07, 6.45) is 0.0444. The van der Waals surface area contributed by atoms with E-state index in [1.54, 1.807) is 6.07 Å². The van der Waals surface area contributed by atoms with Crippen LogP contribution in [0.1, 0.15) is 17.5 Å². The Bertz CT molecular complexity index is 337. The standard InChI is InChI=1S/C10H10F2O2/c11-6-8-7(4-5-10(13)14)2-1-3-9(8)12/h1-3H,4-6H2,(H,13,14). The fourth-order valence-electron chi connectivity index (χ4n) is 1.23. The Balaban J connectivity index is 2.85. The van der Waals surface area contributed by atoms with Gasteiger partial charge in [0.05, 0.1) is 0 Å². The molecule has 0 aliphatic carbocycles. The number of hydrogen-bond acceptors (Lipinski definition) is 1. The summed E-state index contributed by atoms with van der Waals surface area (Å²) in [5.41, 5.74) is 0.392. The molecule has 76 valence electrons. The van der Waals surface area contributed by atoms with Crippen LogP contribution in [0.5, 0.6) is 0 Å². The van der Waals surface area contributed by atoms with E-state index in [-0.39, 0.29) is 18.4 Å². The lowest BCUT2D eigenvalue weighted by Gasteiger charge is -2.05. The highest BCUT2D eigenvalue weighted by molar-refractivity contribution is 5.67. The van der Waals surface area contributed by atoms with Gasteiger partial charge in [-0.2, -0.15) is 0 Å². The molecule has 0 spiro atoms. The number of carboxylic acids is 1. The largest absolute Gasteiger partial charge is 0.481 e. The average molecular weight is 200 g/mol. The van der Waals surface area contributed by atoms with E-state index in [2.05, 4.69) is 0 Å². The van der Waals surface area contributed by atoms with Crippen LogP contribution in [0.3, 0.4) is 0 Å². The van der Waals surface area contributed by atoms with E-state index in [1.807, 2.05) is 0 Å². The van der Waals surface area contributed by atoms with Gasteiger partial charge in [-0.3, -0.25) is 4.79 Å². The first-order valence-corrected chi connectivity index (χ1v) is 4.19. The smallest absolute Gasteiger partial charge is 0.303 e. The topological polar surface area (TPSA) is 37.3 Å². The van der Waals surface area contributed by atoms with Gasteiger partial charge in [0.1, 0.15) is 12.5 Å². The Morgan fingerprint density at radius 2 is 2.14 bits per heavy atom. The van der Waals surface area contributed by atoms with Gasteiger partial charge < -0.3 is 5.11 Å². The number of carboxylic acid groups (broad SMARTS) is 1. The zero-order valence-electron chi connectivity index (χ0n) is 7.46. The highest BCUT2D eigenvalue weighted by Gasteiger charge is 2.08. The van der Waals surface area contributed by atoms with Crippen LogP contribution in [0.4, 0.5) is 8.78 Å². The molecule has 0 aliphatic heterocycles. The lowest BCUT2D eigenvalue weighted by atomic mass is 10.0. The van der Waals surface area contributed by atoms with E-state index in [4.69, 9.17) is 5.11 Å². The molecule has 0 fully saturated rings. The molecule has 1 rings (SSSR count). The first-order valence-electron chi connectivity index (χ1n) is 4.19. The minimum atomic E-state index is -0.973. The number of carbonyl (C=O) groups is 1. The maximum Gasteiger partial charge on any atom is 0.303 e. The molecule has 0 bridgehead atoms. The molecule has 4 heteroatoms. The van der Waals surface area contributed by atoms with Crippen LogP contribution in [-0.2, 0) is 17.9 Å². The van der Waals surface area contributed by atoms with E-state index in [0.717, 1.165) is 0 Å². The summed E-state index contributed by atoms with van der Waals surface area (Å²) in [5.74, 6) is -1.59. The number of aliphatic carboxylic acids is 1. The van der Waals surface area contributed by atoms with Gasteiger partial charge in [-0.25, -0.2) is 8.78 Å². The third-order valence-electron chi connectivity index (χ3n) is 1.96. The Morgan fingerprint density at radius 3 is 2.71 bits per heavy atom. The summed E-state index contributed by atoms with van der Waals surface area (Å²) >= 11 is 0. The van der Waals surface area contributed by atoms with Gasteiger partial charge >= 0.3 is 5.97 Å². The maximum absolute atomic E-state index is 13.0. The molecule has 1 N–H and O–H groups in total. The second-order valence-electron chi connectivity index (χ2n) is 2.90. The lowest BCUT2D eigenvalue weighted by Crippen LogP contribution is -2.01. The van der Waals surface area contributed by atoms with E-state index in [1.165, 1.54) is 12.1 Å². The molecular weight excluding hydrogens is 190 g/mol. The molecule has 1 aromatic carbocycles. The normalized spacial score (nSPS) is 10.1. The van der Waals surface area contributed by atoms with Crippen molar-refractivity contribution in [3.63, 3.8) is 0 Å². The van der Waals surface area contributed by atoms with E-state index < -0.39 is 18.5 Å². The molecule has 0 atom stereocenters. The SMILES string of the molecule is O=C(O)CCc1cccc(F)c1CF. The van der Waals surface area contributed by atoms with Crippen molar-refractivity contribution in [3.05, 3.63) is 35.1 Å². The number of aryl methyl sites for hydroxylation is 1. The molecule has 2 nitrogen and oxygen atoms in total. The van der Waals surface area contributed by atoms with Crippen LogP contribution >= 0.6 is 0 Å². The Morgan fingerprint density at radius 1 is 1.43 bits per heavy atom. The zero-order chi connectivity index (χ0) is 10.6. The van der Waals surface area contributed by atoms with Crippen molar-refractivity contribution in [1.82, 2.24) is 0 Å². The van der Waals surface area contributed by atoms with Crippen LogP contribution in [0.2, 0.25) is 0 Å². The van der Waals surface area contributed by atoms with E-state index >= 15 is 0 Å². The Labute approximate surface area is 80.2 Å². The van der Waals surface area contributed by atoms with Crippen molar-refractivity contribution in [2.24, 2.45) is 0 Å². The summed E-state index contributed by atoms with van der Waals surface area (Å²) in [5, 5.41) is 8.42. The minimum Gasteiger partial charge on any atom is -0.481 e. The predicted octanol–water partition coefficient (Wildman–Crippen LogP) is 2.31. The molecule has 0 aromatic heterocycles. The van der Waals surface area contributed by atoms with Gasteiger partial charge in [0.2, 0.25) is 0 Å². The molecule has 0 saturated heterocycles. The molecule has 0 unspecified atom stereocenters. The van der Waals surface area contributed by atoms with Crippen LogP contribution in [0, 0.1) is 5.82 Å². The number of alkyl halides is 1. The van der Waals surface area contributed by atoms with E-state index in [9.17, 15) is 13.6 Å². The third kappa shape index (κ3) is 2.52. The number of halogens is 2. The maximum atomic E-state index is 13.0. The predicted molar refractivity (Wildman–Crippen MR) is 47.2 cm³/mol. The highest BCUT2D eigenvalue weighted by Crippen LogP contribution is 2.16. The van der Waals surface area contributed by atoms with Gasteiger partial charge in [0.25, 0.3) is 0 Å². The van der Waals surface area contributed by atoms with Crippen LogP contribution in [-0.4, -0.2) is 11.1 Å².